The second-order valence-corrected chi connectivity index (χ2v) is 19.1. The molecule has 1 aliphatic heterocycles. The van der Waals surface area contributed by atoms with Crippen LogP contribution in [0.1, 0.15) is 44.4 Å². The fourth-order valence-corrected chi connectivity index (χ4v) is 10.8. The summed E-state index contributed by atoms with van der Waals surface area (Å²) >= 11 is 0. The van der Waals surface area contributed by atoms with Crippen molar-refractivity contribution in [1.29, 1.82) is 0 Å². The monoisotopic (exact) mass is 955 g/mol. The van der Waals surface area contributed by atoms with E-state index in [1.165, 1.54) is 5.57 Å². The van der Waals surface area contributed by atoms with Crippen molar-refractivity contribution in [3.63, 3.8) is 0 Å². The second-order valence-electron chi connectivity index (χ2n) is 19.1. The van der Waals surface area contributed by atoms with Crippen molar-refractivity contribution in [3.05, 3.63) is 223 Å². The number of aliphatic imine (C=N–C) groups is 2. The third-order valence-corrected chi connectivity index (χ3v) is 14.3. The molecule has 0 saturated heterocycles. The minimum Gasteiger partial charge on any atom is -0.309 e. The van der Waals surface area contributed by atoms with Crippen LogP contribution in [0.15, 0.2) is 215 Å². The van der Waals surface area contributed by atoms with Gasteiger partial charge in [-0.3, -0.25) is 0 Å². The minimum atomic E-state index is 0.622. The number of amidine groups is 1. The summed E-state index contributed by atoms with van der Waals surface area (Å²) in [6.07, 6.45) is 0.730. The Balaban J connectivity index is 1.11. The van der Waals surface area contributed by atoms with Crippen LogP contribution in [0.25, 0.3) is 111 Å². The van der Waals surface area contributed by atoms with Crippen LogP contribution in [0.4, 0.5) is 0 Å². The molecule has 74 heavy (non-hydrogen) atoms. The highest BCUT2D eigenvalue weighted by atomic mass is 15.0. The van der Waals surface area contributed by atoms with Crippen molar-refractivity contribution in [2.75, 3.05) is 0 Å². The van der Waals surface area contributed by atoms with Gasteiger partial charge in [-0.15, -0.1) is 0 Å². The fourth-order valence-electron chi connectivity index (χ4n) is 10.8. The maximum atomic E-state index is 5.49. The summed E-state index contributed by atoms with van der Waals surface area (Å²) in [5, 5.41) is 4.51. The minimum absolute atomic E-state index is 0.622. The smallest absolute Gasteiger partial charge is 0.163 e. The number of hydrogen-bond donors (Lipinski definition) is 0. The maximum Gasteiger partial charge on any atom is 0.163 e. The van der Waals surface area contributed by atoms with Gasteiger partial charge in [0.25, 0.3) is 0 Å². The average molecular weight is 956 g/mol. The van der Waals surface area contributed by atoms with Gasteiger partial charge in [-0.05, 0) is 106 Å². The predicted molar refractivity (Wildman–Crippen MR) is 303 cm³/mol. The molecule has 0 amide bonds. The summed E-state index contributed by atoms with van der Waals surface area (Å²) in [5.74, 6) is 3.43. The van der Waals surface area contributed by atoms with E-state index >= 15 is 0 Å². The van der Waals surface area contributed by atoms with E-state index in [0.29, 0.717) is 23.3 Å². The number of hydrogen-bond acceptors (Lipinski definition) is 7. The summed E-state index contributed by atoms with van der Waals surface area (Å²) in [6.45, 7) is 10.0. The Bertz CT molecular complexity index is 4250. The van der Waals surface area contributed by atoms with Crippen LogP contribution < -0.4 is 0 Å². The molecule has 0 aliphatic carbocycles. The summed E-state index contributed by atoms with van der Waals surface area (Å²) in [5.41, 5.74) is 18.2. The van der Waals surface area contributed by atoms with E-state index in [1.54, 1.807) is 0 Å². The molecular weight excluding hydrogens is 907 g/mol. The lowest BCUT2D eigenvalue weighted by Gasteiger charge is -2.21. The van der Waals surface area contributed by atoms with Gasteiger partial charge < -0.3 is 9.13 Å². The SMILES string of the molecule is CC1=NC(C)=C(C)CC(c2ccc3c(c2)c2ccccc2n3-c2cccc(-c3nc(-c4ccccc4)cc(-c4ccccc4)n3)c2-c2ccccc2-n2c3ccccc3c3cc(-c4nc(C)nc(C)n4)ccc32)=N1. The molecule has 0 bridgehead atoms. The first kappa shape index (κ1) is 44.5. The fraction of sp³-hybridized carbons (Fsp3) is 0.0923. The molecule has 12 aromatic rings. The van der Waals surface area contributed by atoms with E-state index in [4.69, 9.17) is 29.9 Å². The molecule has 0 unspecified atom stereocenters. The lowest BCUT2D eigenvalue weighted by atomic mass is 9.94. The number of aryl methyl sites for hydroxylation is 2. The third kappa shape index (κ3) is 7.68. The number of para-hydroxylation sites is 3. The largest absolute Gasteiger partial charge is 0.309 e. The molecule has 0 atom stereocenters. The number of allylic oxidation sites excluding steroid dienone is 2. The van der Waals surface area contributed by atoms with E-state index in [1.807, 2.05) is 32.9 Å². The number of aromatic nitrogens is 7. The Hall–Kier alpha value is -9.47. The van der Waals surface area contributed by atoms with E-state index in [0.717, 1.165) is 129 Å². The van der Waals surface area contributed by atoms with Gasteiger partial charge in [-0.1, -0.05) is 133 Å². The molecule has 0 saturated carbocycles. The number of rotatable bonds is 8. The van der Waals surface area contributed by atoms with Gasteiger partial charge in [0, 0.05) is 67.0 Å². The molecule has 354 valence electrons. The van der Waals surface area contributed by atoms with Crippen LogP contribution >= 0.6 is 0 Å². The van der Waals surface area contributed by atoms with Crippen molar-refractivity contribution in [2.45, 2.75) is 41.0 Å². The third-order valence-electron chi connectivity index (χ3n) is 14.3. The van der Waals surface area contributed by atoms with Gasteiger partial charge >= 0.3 is 0 Å². The van der Waals surface area contributed by atoms with Crippen LogP contribution in [0, 0.1) is 13.8 Å². The molecule has 1 aliphatic rings. The Kier molecular flexibility index (Phi) is 10.8. The van der Waals surface area contributed by atoms with Gasteiger partial charge in [0.15, 0.2) is 11.6 Å². The summed E-state index contributed by atoms with van der Waals surface area (Å²) < 4.78 is 4.83. The molecule has 4 aromatic heterocycles. The van der Waals surface area contributed by atoms with Crippen molar-refractivity contribution < 1.29 is 0 Å². The first-order chi connectivity index (χ1) is 36.2. The molecule has 8 aromatic carbocycles. The molecule has 0 radical (unpaired) electrons. The topological polar surface area (TPSA) is 99.0 Å². The number of fused-ring (bicyclic) bond motifs is 6. The Labute approximate surface area is 428 Å². The molecule has 9 heteroatoms. The van der Waals surface area contributed by atoms with Gasteiger partial charge in [0.2, 0.25) is 0 Å². The quantitative estimate of drug-likeness (QED) is 0.151. The van der Waals surface area contributed by atoms with Gasteiger partial charge in [0.05, 0.1) is 50.5 Å². The molecule has 13 rings (SSSR count). The molecule has 0 spiro atoms. The van der Waals surface area contributed by atoms with Crippen LogP contribution in [0.5, 0.6) is 0 Å². The maximum absolute atomic E-state index is 5.49. The molecule has 5 heterocycles. The first-order valence-electron chi connectivity index (χ1n) is 25.0. The number of benzene rings is 8. The first-order valence-corrected chi connectivity index (χ1v) is 25.0. The van der Waals surface area contributed by atoms with Crippen molar-refractivity contribution >= 4 is 55.2 Å². The summed E-state index contributed by atoms with van der Waals surface area (Å²) in [4.78, 5) is 34.8. The zero-order valence-corrected chi connectivity index (χ0v) is 41.7. The highest BCUT2D eigenvalue weighted by Gasteiger charge is 2.26. The lowest BCUT2D eigenvalue weighted by molar-refractivity contribution is 0.929. The van der Waals surface area contributed by atoms with E-state index in [2.05, 4.69) is 210 Å². The van der Waals surface area contributed by atoms with Crippen LogP contribution in [0.3, 0.4) is 0 Å². The highest BCUT2D eigenvalue weighted by molar-refractivity contribution is 6.16. The zero-order chi connectivity index (χ0) is 50.0. The van der Waals surface area contributed by atoms with Crippen molar-refractivity contribution in [1.82, 2.24) is 34.1 Å². The summed E-state index contributed by atoms with van der Waals surface area (Å²) in [7, 11) is 0. The standard InChI is InChI=1S/C65H49N9/c1-39-35-54(68-41(3)66-40(39)2)46-31-33-61-52(36-46)48-23-13-16-28-58(48)74(61)62-30-18-26-51(65-71-55(44-19-8-6-9-20-44)38-56(72-65)45-21-10-7-11-22-45)63(62)50-25-14-17-29-59(50)73-57-27-15-12-24-49(57)53-37-47(32-34-60(53)73)64-69-42(4)67-43(5)70-64/h6-34,36-38H,35H2,1-5H3. The van der Waals surface area contributed by atoms with Crippen LogP contribution in [0.2, 0.25) is 0 Å². The average Bonchev–Trinajstić information content (AvgIpc) is 3.90. The highest BCUT2D eigenvalue weighted by Crippen LogP contribution is 2.45. The van der Waals surface area contributed by atoms with Gasteiger partial charge in [-0.2, -0.15) is 0 Å². The van der Waals surface area contributed by atoms with Gasteiger partial charge in [-0.25, -0.2) is 34.9 Å². The van der Waals surface area contributed by atoms with E-state index in [-0.39, 0.29) is 0 Å². The van der Waals surface area contributed by atoms with Gasteiger partial charge in [0.1, 0.15) is 17.5 Å². The predicted octanol–water partition coefficient (Wildman–Crippen LogP) is 15.7. The molecule has 9 nitrogen and oxygen atoms in total. The lowest BCUT2D eigenvalue weighted by Crippen LogP contribution is -2.05. The number of nitrogens with zero attached hydrogens (tertiary/aromatic N) is 9. The van der Waals surface area contributed by atoms with Crippen LogP contribution in [-0.2, 0) is 0 Å². The Morgan fingerprint density at radius 2 is 0.878 bits per heavy atom. The zero-order valence-electron chi connectivity index (χ0n) is 41.7. The van der Waals surface area contributed by atoms with E-state index in [9.17, 15) is 0 Å². The molecule has 0 N–H and O–H groups in total. The van der Waals surface area contributed by atoms with Crippen LogP contribution in [-0.4, -0.2) is 45.6 Å². The normalized spacial score (nSPS) is 13.0. The molecular formula is C65H49N9. The summed E-state index contributed by atoms with van der Waals surface area (Å²) in [6, 6.07) is 69.0. The Morgan fingerprint density at radius 1 is 0.365 bits per heavy atom. The van der Waals surface area contributed by atoms with Crippen molar-refractivity contribution in [2.24, 2.45) is 9.98 Å². The van der Waals surface area contributed by atoms with E-state index < -0.39 is 0 Å². The van der Waals surface area contributed by atoms with Crippen molar-refractivity contribution in [3.8, 4) is 67.8 Å². The second kappa shape index (κ2) is 18.0. The molecule has 0 fully saturated rings. The Morgan fingerprint density at radius 3 is 1.53 bits per heavy atom.